The molecule has 2 rings (SSSR count). The Morgan fingerprint density at radius 1 is 1.14 bits per heavy atom. The number of carbonyl (C=O) groups is 1. The number of carbonyl (C=O) groups excluding carboxylic acids is 1. The van der Waals surface area contributed by atoms with Crippen LogP contribution in [0.4, 0.5) is 18.0 Å². The normalized spacial score (nSPS) is 12.5. The Morgan fingerprint density at radius 3 is 2.32 bits per heavy atom. The summed E-state index contributed by atoms with van der Waals surface area (Å²) >= 11 is 0. The Labute approximate surface area is 158 Å². The van der Waals surface area contributed by atoms with Crippen molar-refractivity contribution in [1.29, 1.82) is 5.26 Å². The summed E-state index contributed by atoms with van der Waals surface area (Å²) in [7, 11) is 1.10. The highest BCUT2D eigenvalue weighted by Gasteiger charge is 2.24. The molecule has 0 bridgehead atoms. The molecule has 28 heavy (non-hydrogen) atoms. The standard InChI is InChI=1S/C18H15F3N2O5/c1-9-14(19)15(20)17(23-16(9)21)27-12-6-4-11(5-7-12)26-10(2)13(8-22)28-18(24)25-3/h4-7,10,13H,1-3H3. The number of benzene rings is 1. The fourth-order valence-corrected chi connectivity index (χ4v) is 1.99. The molecule has 1 heterocycles. The third-order valence-corrected chi connectivity index (χ3v) is 3.52. The van der Waals surface area contributed by atoms with Crippen LogP contribution in [0.3, 0.4) is 0 Å². The smallest absolute Gasteiger partial charge is 0.486 e. The molecule has 10 heteroatoms. The number of methoxy groups -OCH3 is 1. The lowest BCUT2D eigenvalue weighted by molar-refractivity contribution is 0.0141. The van der Waals surface area contributed by atoms with Crippen LogP contribution in [0.1, 0.15) is 12.5 Å². The topological polar surface area (TPSA) is 90.7 Å². The summed E-state index contributed by atoms with van der Waals surface area (Å²) < 4.78 is 60.4. The molecule has 0 N–H and O–H groups in total. The molecular formula is C18H15F3N2O5. The van der Waals surface area contributed by atoms with Crippen molar-refractivity contribution in [3.05, 3.63) is 47.4 Å². The van der Waals surface area contributed by atoms with Gasteiger partial charge in [0.2, 0.25) is 17.9 Å². The molecule has 1 aromatic heterocycles. The van der Waals surface area contributed by atoms with Crippen LogP contribution < -0.4 is 9.47 Å². The quantitative estimate of drug-likeness (QED) is 0.538. The average molecular weight is 396 g/mol. The molecule has 7 nitrogen and oxygen atoms in total. The van der Waals surface area contributed by atoms with E-state index in [4.69, 9.17) is 19.5 Å². The first-order valence-corrected chi connectivity index (χ1v) is 7.86. The second-order valence-corrected chi connectivity index (χ2v) is 5.48. The van der Waals surface area contributed by atoms with E-state index in [1.165, 1.54) is 31.2 Å². The van der Waals surface area contributed by atoms with E-state index in [-0.39, 0.29) is 11.5 Å². The lowest BCUT2D eigenvalue weighted by atomic mass is 10.2. The maximum atomic E-state index is 13.8. The van der Waals surface area contributed by atoms with Crippen LogP contribution in [0, 0.1) is 35.8 Å². The van der Waals surface area contributed by atoms with Gasteiger partial charge in [0.1, 0.15) is 23.7 Å². The minimum atomic E-state index is -1.41. The van der Waals surface area contributed by atoms with Crippen molar-refractivity contribution in [3.63, 3.8) is 0 Å². The van der Waals surface area contributed by atoms with Crippen molar-refractivity contribution in [2.24, 2.45) is 0 Å². The number of ether oxygens (including phenoxy) is 4. The van der Waals surface area contributed by atoms with Crippen LogP contribution in [0.15, 0.2) is 24.3 Å². The highest BCUT2D eigenvalue weighted by atomic mass is 19.2. The number of pyridine rings is 1. The predicted molar refractivity (Wildman–Crippen MR) is 88.3 cm³/mol. The van der Waals surface area contributed by atoms with Gasteiger partial charge in [-0.15, -0.1) is 0 Å². The van der Waals surface area contributed by atoms with Crippen molar-refractivity contribution in [3.8, 4) is 23.4 Å². The van der Waals surface area contributed by atoms with Crippen LogP contribution in [0.5, 0.6) is 17.4 Å². The molecule has 1 aromatic carbocycles. The molecule has 0 fully saturated rings. The van der Waals surface area contributed by atoms with Crippen LogP contribution in [-0.2, 0) is 9.47 Å². The van der Waals surface area contributed by atoms with E-state index in [2.05, 4.69) is 9.72 Å². The lowest BCUT2D eigenvalue weighted by Gasteiger charge is -2.19. The molecule has 2 aromatic rings. The fourth-order valence-electron chi connectivity index (χ4n) is 1.99. The number of hydrogen-bond acceptors (Lipinski definition) is 7. The minimum Gasteiger partial charge on any atom is -0.486 e. The van der Waals surface area contributed by atoms with Gasteiger partial charge in [-0.3, -0.25) is 0 Å². The number of hydrogen-bond donors (Lipinski definition) is 0. The zero-order chi connectivity index (χ0) is 20.8. The van der Waals surface area contributed by atoms with Gasteiger partial charge in [-0.2, -0.15) is 19.0 Å². The molecule has 0 spiro atoms. The summed E-state index contributed by atoms with van der Waals surface area (Å²) in [4.78, 5) is 14.3. The van der Waals surface area contributed by atoms with Gasteiger partial charge in [-0.25, -0.2) is 9.18 Å². The van der Waals surface area contributed by atoms with Crippen molar-refractivity contribution in [2.45, 2.75) is 26.1 Å². The van der Waals surface area contributed by atoms with Gasteiger partial charge in [-0.05, 0) is 38.1 Å². The third-order valence-electron chi connectivity index (χ3n) is 3.52. The van der Waals surface area contributed by atoms with E-state index < -0.39 is 47.4 Å². The summed E-state index contributed by atoms with van der Waals surface area (Å²) in [5.41, 5.74) is -0.552. The van der Waals surface area contributed by atoms with Crippen molar-refractivity contribution >= 4 is 6.16 Å². The maximum Gasteiger partial charge on any atom is 0.509 e. The fraction of sp³-hybridized carbons (Fsp3) is 0.278. The average Bonchev–Trinajstić information content (AvgIpc) is 2.69. The molecule has 2 atom stereocenters. The zero-order valence-electron chi connectivity index (χ0n) is 15.0. The number of nitrogens with zero attached hydrogens (tertiary/aromatic N) is 2. The molecular weight excluding hydrogens is 381 g/mol. The molecule has 0 aliphatic heterocycles. The summed E-state index contributed by atoms with van der Waals surface area (Å²) in [5, 5.41) is 9.03. The first-order chi connectivity index (χ1) is 13.3. The summed E-state index contributed by atoms with van der Waals surface area (Å²) in [6, 6.07) is 7.23. The second-order valence-electron chi connectivity index (χ2n) is 5.48. The molecule has 2 unspecified atom stereocenters. The molecule has 0 aliphatic rings. The number of halogens is 3. The lowest BCUT2D eigenvalue weighted by Crippen LogP contribution is -2.32. The highest BCUT2D eigenvalue weighted by Crippen LogP contribution is 2.28. The van der Waals surface area contributed by atoms with Crippen LogP contribution in [0.25, 0.3) is 0 Å². The second kappa shape index (κ2) is 8.94. The van der Waals surface area contributed by atoms with Crippen LogP contribution in [0.2, 0.25) is 0 Å². The van der Waals surface area contributed by atoms with E-state index >= 15 is 0 Å². The molecule has 0 radical (unpaired) electrons. The molecule has 0 saturated heterocycles. The van der Waals surface area contributed by atoms with Gasteiger partial charge < -0.3 is 18.9 Å². The minimum absolute atomic E-state index is 0.0386. The largest absolute Gasteiger partial charge is 0.509 e. The van der Waals surface area contributed by atoms with Crippen molar-refractivity contribution in [1.82, 2.24) is 4.98 Å². The molecule has 0 aliphatic carbocycles. The molecule has 0 saturated carbocycles. The summed E-state index contributed by atoms with van der Waals surface area (Å²) in [6.07, 6.45) is -3.09. The maximum absolute atomic E-state index is 13.8. The SMILES string of the molecule is COC(=O)OC(C#N)C(C)Oc1ccc(Oc2nc(F)c(C)c(F)c2F)cc1. The first kappa shape index (κ1) is 20.8. The zero-order valence-corrected chi connectivity index (χ0v) is 15.0. The van der Waals surface area contributed by atoms with Crippen molar-refractivity contribution < 1.29 is 36.9 Å². The Balaban J connectivity index is 2.08. The first-order valence-electron chi connectivity index (χ1n) is 7.86. The Kier molecular flexibility index (Phi) is 6.65. The van der Waals surface area contributed by atoms with Crippen molar-refractivity contribution in [2.75, 3.05) is 7.11 Å². The van der Waals surface area contributed by atoms with Gasteiger partial charge in [0.25, 0.3) is 5.88 Å². The highest BCUT2D eigenvalue weighted by molar-refractivity contribution is 5.60. The number of rotatable bonds is 6. The van der Waals surface area contributed by atoms with Gasteiger partial charge in [0.05, 0.1) is 7.11 Å². The monoisotopic (exact) mass is 396 g/mol. The van der Waals surface area contributed by atoms with Gasteiger partial charge >= 0.3 is 6.16 Å². The number of nitriles is 1. The van der Waals surface area contributed by atoms with E-state index in [0.29, 0.717) is 0 Å². The van der Waals surface area contributed by atoms with E-state index in [1.54, 1.807) is 6.07 Å². The Bertz CT molecular complexity index is 900. The van der Waals surface area contributed by atoms with Gasteiger partial charge in [-0.1, -0.05) is 0 Å². The Hall–Kier alpha value is -3.48. The van der Waals surface area contributed by atoms with Crippen LogP contribution in [-0.4, -0.2) is 30.5 Å². The third kappa shape index (κ3) is 4.82. The van der Waals surface area contributed by atoms with Crippen LogP contribution >= 0.6 is 0 Å². The Morgan fingerprint density at radius 2 is 1.75 bits per heavy atom. The predicted octanol–water partition coefficient (Wildman–Crippen LogP) is 4.04. The molecule has 0 amide bonds. The summed E-state index contributed by atoms with van der Waals surface area (Å²) in [6.45, 7) is 2.55. The summed E-state index contributed by atoms with van der Waals surface area (Å²) in [5.74, 6) is -4.52. The van der Waals surface area contributed by atoms with E-state index in [9.17, 15) is 18.0 Å². The van der Waals surface area contributed by atoms with Gasteiger partial charge in [0, 0.05) is 5.56 Å². The number of aromatic nitrogens is 1. The van der Waals surface area contributed by atoms with Gasteiger partial charge in [0.15, 0.2) is 5.82 Å². The van der Waals surface area contributed by atoms with E-state index in [0.717, 1.165) is 14.0 Å². The molecule has 148 valence electrons. The van der Waals surface area contributed by atoms with E-state index in [1.807, 2.05) is 0 Å².